The lowest BCUT2D eigenvalue weighted by Crippen LogP contribution is -2.18. The van der Waals surface area contributed by atoms with Gasteiger partial charge in [-0.15, -0.1) is 10.2 Å². The summed E-state index contributed by atoms with van der Waals surface area (Å²) in [6.07, 6.45) is 4.09. The van der Waals surface area contributed by atoms with E-state index in [1.807, 2.05) is 24.4 Å². The Morgan fingerprint density at radius 3 is 2.76 bits per heavy atom. The molecular weight excluding hydrogens is 450 g/mol. The third-order valence-corrected chi connectivity index (χ3v) is 6.83. The third kappa shape index (κ3) is 4.76. The summed E-state index contributed by atoms with van der Waals surface area (Å²) in [6, 6.07) is 15.0. The molecule has 8 nitrogen and oxygen atoms in total. The van der Waals surface area contributed by atoms with Crippen LogP contribution in [0.25, 0.3) is 22.3 Å². The number of ketones is 1. The number of nitrogens with one attached hydrogen (secondary N) is 2. The van der Waals surface area contributed by atoms with Gasteiger partial charge in [-0.3, -0.25) is 14.2 Å². The molecule has 0 bridgehead atoms. The number of hydrogen-bond donors (Lipinski definition) is 2. The molecule has 1 amide bonds. The Hall–Kier alpha value is -3.43. The zero-order chi connectivity index (χ0) is 23.5. The number of Topliss-reactive ketones (excluding diaryl/α,β-unsaturated/α-hetero) is 1. The van der Waals surface area contributed by atoms with E-state index >= 15 is 0 Å². The van der Waals surface area contributed by atoms with Crippen molar-refractivity contribution in [2.24, 2.45) is 0 Å². The smallest absolute Gasteiger partial charge is 0.234 e. The van der Waals surface area contributed by atoms with Gasteiger partial charge in [-0.2, -0.15) is 0 Å². The topological polar surface area (TPSA) is 102 Å². The normalized spacial score (nSPS) is 15.6. The summed E-state index contributed by atoms with van der Waals surface area (Å²) in [5.41, 5.74) is 3.27. The Bertz CT molecular complexity index is 1320. The van der Waals surface area contributed by atoms with Crippen molar-refractivity contribution in [3.63, 3.8) is 0 Å². The van der Waals surface area contributed by atoms with Crippen molar-refractivity contribution in [1.29, 1.82) is 0 Å². The SMILES string of the molecule is CC(=O)c1ccc(NC(=O)CSc2nnc(-c3c[nH]c4ccccc34)n2CC2CCCO2)cc1. The third-order valence-electron chi connectivity index (χ3n) is 5.86. The maximum absolute atomic E-state index is 12.6. The van der Waals surface area contributed by atoms with Crippen LogP contribution in [0.5, 0.6) is 0 Å². The van der Waals surface area contributed by atoms with Gasteiger partial charge in [0.1, 0.15) is 0 Å². The van der Waals surface area contributed by atoms with Gasteiger partial charge < -0.3 is 15.0 Å². The number of benzene rings is 2. The van der Waals surface area contributed by atoms with Gasteiger partial charge in [0.15, 0.2) is 16.8 Å². The summed E-state index contributed by atoms with van der Waals surface area (Å²) < 4.78 is 7.94. The maximum Gasteiger partial charge on any atom is 0.234 e. The Kier molecular flexibility index (Phi) is 6.46. The van der Waals surface area contributed by atoms with Gasteiger partial charge in [0.2, 0.25) is 5.91 Å². The van der Waals surface area contributed by atoms with Crippen LogP contribution in [-0.2, 0) is 16.1 Å². The standard InChI is InChI=1S/C25H25N5O3S/c1-16(31)17-8-10-18(11-9-17)27-23(32)15-34-25-29-28-24(30(25)14-19-5-4-12-33-19)21-13-26-22-7-3-2-6-20(21)22/h2-3,6-11,13,19,26H,4-5,12,14-15H2,1H3,(H,27,32). The molecule has 0 aliphatic carbocycles. The van der Waals surface area contributed by atoms with E-state index in [0.29, 0.717) is 23.0 Å². The average molecular weight is 476 g/mol. The van der Waals surface area contributed by atoms with Crippen LogP contribution in [0.3, 0.4) is 0 Å². The van der Waals surface area contributed by atoms with Crippen molar-refractivity contribution >= 4 is 40.0 Å². The van der Waals surface area contributed by atoms with Crippen molar-refractivity contribution in [2.45, 2.75) is 37.6 Å². The summed E-state index contributed by atoms with van der Waals surface area (Å²) in [5.74, 6) is 0.785. The van der Waals surface area contributed by atoms with E-state index < -0.39 is 0 Å². The predicted octanol–water partition coefficient (Wildman–Crippen LogP) is 4.54. The molecule has 4 aromatic rings. The molecule has 1 unspecified atom stereocenters. The molecule has 1 saturated heterocycles. The number of carbonyl (C=O) groups excluding carboxylic acids is 2. The number of fused-ring (bicyclic) bond motifs is 1. The number of H-pyrrole nitrogens is 1. The van der Waals surface area contributed by atoms with Crippen LogP contribution < -0.4 is 5.32 Å². The molecule has 2 aromatic carbocycles. The van der Waals surface area contributed by atoms with Crippen LogP contribution >= 0.6 is 11.8 Å². The summed E-state index contributed by atoms with van der Waals surface area (Å²) in [6.45, 7) is 2.92. The monoisotopic (exact) mass is 475 g/mol. The molecule has 1 aliphatic rings. The highest BCUT2D eigenvalue weighted by Crippen LogP contribution is 2.31. The molecule has 34 heavy (non-hydrogen) atoms. The zero-order valence-electron chi connectivity index (χ0n) is 18.8. The fraction of sp³-hybridized carbons (Fsp3) is 0.280. The number of ether oxygens (including phenoxy) is 1. The first-order valence-corrected chi connectivity index (χ1v) is 12.2. The molecule has 5 rings (SSSR count). The van der Waals surface area contributed by atoms with E-state index in [1.54, 1.807) is 24.3 Å². The Morgan fingerprint density at radius 2 is 2.00 bits per heavy atom. The van der Waals surface area contributed by atoms with Crippen LogP contribution in [0.2, 0.25) is 0 Å². The second-order valence-electron chi connectivity index (χ2n) is 8.27. The Balaban J connectivity index is 1.34. The first-order chi connectivity index (χ1) is 16.6. The largest absolute Gasteiger partial charge is 0.376 e. The van der Waals surface area contributed by atoms with Crippen molar-refractivity contribution in [2.75, 3.05) is 17.7 Å². The van der Waals surface area contributed by atoms with Gasteiger partial charge in [0.05, 0.1) is 18.4 Å². The van der Waals surface area contributed by atoms with Crippen molar-refractivity contribution in [3.8, 4) is 11.4 Å². The minimum absolute atomic E-state index is 0.00924. The van der Waals surface area contributed by atoms with E-state index in [9.17, 15) is 9.59 Å². The average Bonchev–Trinajstić information content (AvgIpc) is 3.59. The molecular formula is C25H25N5O3S. The molecule has 0 radical (unpaired) electrons. The number of aromatic nitrogens is 4. The van der Waals surface area contributed by atoms with Crippen LogP contribution in [-0.4, -0.2) is 49.9 Å². The summed E-state index contributed by atoms with van der Waals surface area (Å²) in [7, 11) is 0. The van der Waals surface area contributed by atoms with Crippen molar-refractivity contribution in [1.82, 2.24) is 19.7 Å². The van der Waals surface area contributed by atoms with Crippen LogP contribution in [0.4, 0.5) is 5.69 Å². The fourth-order valence-electron chi connectivity index (χ4n) is 4.12. The lowest BCUT2D eigenvalue weighted by molar-refractivity contribution is -0.113. The first kappa shape index (κ1) is 22.4. The molecule has 0 saturated carbocycles. The van der Waals surface area contributed by atoms with E-state index in [-0.39, 0.29) is 23.5 Å². The molecule has 1 atom stereocenters. The van der Waals surface area contributed by atoms with Crippen molar-refractivity contribution in [3.05, 3.63) is 60.3 Å². The van der Waals surface area contributed by atoms with Crippen LogP contribution in [0, 0.1) is 0 Å². The van der Waals surface area contributed by atoms with E-state index in [0.717, 1.165) is 41.7 Å². The zero-order valence-corrected chi connectivity index (χ0v) is 19.6. The predicted molar refractivity (Wildman–Crippen MR) is 132 cm³/mol. The molecule has 3 heterocycles. The second-order valence-corrected chi connectivity index (χ2v) is 9.21. The molecule has 1 aliphatic heterocycles. The van der Waals surface area contributed by atoms with Crippen LogP contribution in [0.15, 0.2) is 59.9 Å². The van der Waals surface area contributed by atoms with E-state index in [4.69, 9.17) is 4.74 Å². The van der Waals surface area contributed by atoms with Gasteiger partial charge in [0.25, 0.3) is 0 Å². The number of thioether (sulfide) groups is 1. The molecule has 2 N–H and O–H groups in total. The van der Waals surface area contributed by atoms with Gasteiger partial charge >= 0.3 is 0 Å². The number of amides is 1. The fourth-order valence-corrected chi connectivity index (χ4v) is 4.87. The van der Waals surface area contributed by atoms with Crippen molar-refractivity contribution < 1.29 is 14.3 Å². The highest BCUT2D eigenvalue weighted by atomic mass is 32.2. The summed E-state index contributed by atoms with van der Waals surface area (Å²) in [5, 5.41) is 13.5. The minimum atomic E-state index is -0.152. The number of carbonyl (C=O) groups is 2. The lowest BCUT2D eigenvalue weighted by Gasteiger charge is -2.14. The number of anilines is 1. The Labute approximate surface area is 201 Å². The number of para-hydroxylation sites is 1. The number of rotatable bonds is 8. The van der Waals surface area contributed by atoms with Crippen LogP contribution in [0.1, 0.15) is 30.1 Å². The summed E-state index contributed by atoms with van der Waals surface area (Å²) >= 11 is 1.35. The van der Waals surface area contributed by atoms with Gasteiger partial charge in [-0.25, -0.2) is 0 Å². The number of aromatic amines is 1. The van der Waals surface area contributed by atoms with E-state index in [1.165, 1.54) is 18.7 Å². The highest BCUT2D eigenvalue weighted by Gasteiger charge is 2.23. The minimum Gasteiger partial charge on any atom is -0.376 e. The van der Waals surface area contributed by atoms with Gasteiger partial charge in [-0.1, -0.05) is 30.0 Å². The molecule has 9 heteroatoms. The highest BCUT2D eigenvalue weighted by molar-refractivity contribution is 7.99. The lowest BCUT2D eigenvalue weighted by atomic mass is 10.1. The second kappa shape index (κ2) is 9.82. The molecule has 0 spiro atoms. The number of hydrogen-bond acceptors (Lipinski definition) is 6. The molecule has 2 aromatic heterocycles. The number of nitrogens with zero attached hydrogens (tertiary/aromatic N) is 3. The quantitative estimate of drug-likeness (QED) is 0.287. The van der Waals surface area contributed by atoms with Gasteiger partial charge in [0, 0.05) is 40.5 Å². The molecule has 174 valence electrons. The maximum atomic E-state index is 12.6. The summed E-state index contributed by atoms with van der Waals surface area (Å²) in [4.78, 5) is 27.3. The van der Waals surface area contributed by atoms with Gasteiger partial charge in [-0.05, 0) is 50.1 Å². The molecule has 1 fully saturated rings. The first-order valence-electron chi connectivity index (χ1n) is 11.2. The van der Waals surface area contributed by atoms with E-state index in [2.05, 4.69) is 31.1 Å². The Morgan fingerprint density at radius 1 is 1.18 bits per heavy atom.